The molecule has 3 rings (SSSR count). The molecule has 1 aromatic carbocycles. The first-order valence-corrected chi connectivity index (χ1v) is 14.4. The van der Waals surface area contributed by atoms with Gasteiger partial charge in [-0.3, -0.25) is 34.2 Å². The fourth-order valence-corrected chi connectivity index (χ4v) is 4.72. The lowest BCUT2D eigenvalue weighted by molar-refractivity contribution is -0.150. The van der Waals surface area contributed by atoms with Crippen molar-refractivity contribution in [2.45, 2.75) is 58.4 Å². The number of esters is 1. The Bertz CT molecular complexity index is 1080. The molecule has 4 amide bonds. The van der Waals surface area contributed by atoms with E-state index in [1.54, 1.807) is 18.2 Å². The molecule has 0 aliphatic carbocycles. The van der Waals surface area contributed by atoms with Crippen LogP contribution in [-0.4, -0.2) is 93.3 Å². The monoisotopic (exact) mass is 575 g/mol. The van der Waals surface area contributed by atoms with Crippen molar-refractivity contribution < 1.29 is 42.9 Å². The zero-order valence-electron chi connectivity index (χ0n) is 23.9. The van der Waals surface area contributed by atoms with Crippen LogP contribution in [0, 0.1) is 5.92 Å². The Hall–Kier alpha value is -3.35. The van der Waals surface area contributed by atoms with E-state index in [2.05, 4.69) is 17.6 Å². The van der Waals surface area contributed by atoms with E-state index in [4.69, 9.17) is 18.9 Å². The molecule has 226 valence electrons. The summed E-state index contributed by atoms with van der Waals surface area (Å²) in [5.41, 5.74) is 0.906. The van der Waals surface area contributed by atoms with Gasteiger partial charge in [0.1, 0.15) is 12.6 Å². The van der Waals surface area contributed by atoms with E-state index < -0.39 is 29.7 Å². The maximum absolute atomic E-state index is 13.1. The van der Waals surface area contributed by atoms with Crippen molar-refractivity contribution in [1.29, 1.82) is 0 Å². The predicted molar refractivity (Wildman–Crippen MR) is 148 cm³/mol. The number of hydrogen-bond donors (Lipinski definition) is 2. The second-order valence-electron chi connectivity index (χ2n) is 9.85. The van der Waals surface area contributed by atoms with Crippen LogP contribution in [0.4, 0.5) is 5.69 Å². The third kappa shape index (κ3) is 9.07. The van der Waals surface area contributed by atoms with Gasteiger partial charge in [0, 0.05) is 18.7 Å². The molecule has 0 spiro atoms. The van der Waals surface area contributed by atoms with Gasteiger partial charge in [0.25, 0.3) is 11.8 Å². The predicted octanol–water partition coefficient (Wildman–Crippen LogP) is 2.31. The van der Waals surface area contributed by atoms with Crippen LogP contribution in [0.1, 0.15) is 73.1 Å². The van der Waals surface area contributed by atoms with Crippen LogP contribution in [0.2, 0.25) is 0 Å². The number of unbranched alkanes of at least 4 members (excludes halogenated alkanes) is 1. The number of hydrogen-bond acceptors (Lipinski definition) is 10. The first-order chi connectivity index (χ1) is 19.9. The van der Waals surface area contributed by atoms with Gasteiger partial charge in [0.2, 0.25) is 11.8 Å². The van der Waals surface area contributed by atoms with Gasteiger partial charge in [-0.15, -0.1) is 0 Å². The van der Waals surface area contributed by atoms with E-state index in [0.717, 1.165) is 30.6 Å². The lowest BCUT2D eigenvalue weighted by atomic mass is 10.00. The topological polar surface area (TPSA) is 150 Å². The summed E-state index contributed by atoms with van der Waals surface area (Å²) in [6.45, 7) is 6.89. The lowest BCUT2D eigenvalue weighted by Crippen LogP contribution is -2.54. The number of piperidine rings is 1. The maximum atomic E-state index is 13.1. The number of carbonyl (C=O) groups excluding carboxylic acids is 5. The lowest BCUT2D eigenvalue weighted by Gasteiger charge is -2.27. The minimum absolute atomic E-state index is 0.0379. The van der Waals surface area contributed by atoms with Crippen molar-refractivity contribution in [3.63, 3.8) is 0 Å². The van der Waals surface area contributed by atoms with Crippen molar-refractivity contribution in [3.8, 4) is 0 Å². The van der Waals surface area contributed by atoms with E-state index in [0.29, 0.717) is 51.9 Å². The van der Waals surface area contributed by atoms with Crippen LogP contribution in [0.3, 0.4) is 0 Å². The number of nitrogens with one attached hydrogen (secondary N) is 2. The summed E-state index contributed by atoms with van der Waals surface area (Å²) in [5.74, 6) is -2.36. The smallest absolute Gasteiger partial charge is 0.308 e. The van der Waals surface area contributed by atoms with E-state index in [-0.39, 0.29) is 42.5 Å². The van der Waals surface area contributed by atoms with E-state index in [1.165, 1.54) is 0 Å². The van der Waals surface area contributed by atoms with Gasteiger partial charge < -0.3 is 24.3 Å². The Morgan fingerprint density at radius 1 is 0.976 bits per heavy atom. The van der Waals surface area contributed by atoms with Crippen molar-refractivity contribution in [2.24, 2.45) is 5.92 Å². The Morgan fingerprint density at radius 2 is 1.66 bits per heavy atom. The SMILES string of the molecule is CCCCC(CC)C(=O)OCCOCCOCCOCCNc1cccc2c1C(=O)N(C1CCC(=O)NC1=O)C2=O. The van der Waals surface area contributed by atoms with Gasteiger partial charge in [-0.2, -0.15) is 0 Å². The number of anilines is 1. The molecule has 0 aromatic heterocycles. The highest BCUT2D eigenvalue weighted by atomic mass is 16.6. The quantitative estimate of drug-likeness (QED) is 0.143. The Labute approximate surface area is 240 Å². The number of imide groups is 2. The first kappa shape index (κ1) is 32.2. The molecular weight excluding hydrogens is 534 g/mol. The van der Waals surface area contributed by atoms with Gasteiger partial charge in [0.05, 0.1) is 56.7 Å². The summed E-state index contributed by atoms with van der Waals surface area (Å²) in [6, 6.07) is 3.90. The molecule has 1 fully saturated rings. The summed E-state index contributed by atoms with van der Waals surface area (Å²) in [5, 5.41) is 5.31. The summed E-state index contributed by atoms with van der Waals surface area (Å²) >= 11 is 0. The number of rotatable bonds is 19. The van der Waals surface area contributed by atoms with Gasteiger partial charge in [0.15, 0.2) is 0 Å². The Morgan fingerprint density at radius 3 is 2.32 bits per heavy atom. The van der Waals surface area contributed by atoms with Crippen LogP contribution in [0.25, 0.3) is 0 Å². The van der Waals surface area contributed by atoms with Crippen molar-refractivity contribution in [3.05, 3.63) is 29.3 Å². The standard InChI is InChI=1S/C29H41N3O9/c1-3-5-7-20(4-2)29(37)41-19-18-40-17-16-39-15-14-38-13-12-30-22-9-6-8-21-25(22)28(36)32(27(21)35)23-10-11-24(33)31-26(23)34/h6,8-9,20,23,30H,3-5,7,10-19H2,1-2H3,(H,31,33,34). The zero-order valence-corrected chi connectivity index (χ0v) is 23.9. The van der Waals surface area contributed by atoms with Crippen LogP contribution in [0.15, 0.2) is 18.2 Å². The number of amides is 4. The van der Waals surface area contributed by atoms with Crippen molar-refractivity contribution in [1.82, 2.24) is 10.2 Å². The maximum Gasteiger partial charge on any atom is 0.308 e. The van der Waals surface area contributed by atoms with Crippen molar-refractivity contribution >= 4 is 35.3 Å². The van der Waals surface area contributed by atoms with E-state index >= 15 is 0 Å². The highest BCUT2D eigenvalue weighted by Crippen LogP contribution is 2.32. The number of benzene rings is 1. The van der Waals surface area contributed by atoms with E-state index in [1.807, 2.05) is 6.92 Å². The molecule has 41 heavy (non-hydrogen) atoms. The molecule has 2 N–H and O–H groups in total. The van der Waals surface area contributed by atoms with Crippen LogP contribution in [-0.2, 0) is 33.3 Å². The molecule has 12 nitrogen and oxygen atoms in total. The molecule has 0 saturated carbocycles. The molecular formula is C29H41N3O9. The molecule has 2 aliphatic heterocycles. The molecule has 2 aliphatic rings. The van der Waals surface area contributed by atoms with Crippen LogP contribution in [0.5, 0.6) is 0 Å². The highest BCUT2D eigenvalue weighted by Gasteiger charge is 2.45. The number of nitrogens with zero attached hydrogens (tertiary/aromatic N) is 1. The highest BCUT2D eigenvalue weighted by molar-refractivity contribution is 6.25. The molecule has 0 bridgehead atoms. The molecule has 2 heterocycles. The van der Waals surface area contributed by atoms with Crippen molar-refractivity contribution in [2.75, 3.05) is 58.1 Å². The van der Waals surface area contributed by atoms with Gasteiger partial charge in [-0.05, 0) is 31.4 Å². The summed E-state index contributed by atoms with van der Waals surface area (Å²) < 4.78 is 21.8. The third-order valence-electron chi connectivity index (χ3n) is 6.98. The summed E-state index contributed by atoms with van der Waals surface area (Å²) in [7, 11) is 0. The van der Waals surface area contributed by atoms with Gasteiger partial charge in [-0.25, -0.2) is 0 Å². The molecule has 12 heteroatoms. The average molecular weight is 576 g/mol. The largest absolute Gasteiger partial charge is 0.463 e. The molecule has 0 radical (unpaired) electrons. The second kappa shape index (κ2) is 16.8. The Balaban J connectivity index is 1.26. The van der Waals surface area contributed by atoms with E-state index in [9.17, 15) is 24.0 Å². The molecule has 1 aromatic rings. The molecule has 2 unspecified atom stereocenters. The number of ether oxygens (including phenoxy) is 4. The average Bonchev–Trinajstić information content (AvgIpc) is 3.21. The van der Waals surface area contributed by atoms with Gasteiger partial charge in [-0.1, -0.05) is 32.8 Å². The summed E-state index contributed by atoms with van der Waals surface area (Å²) in [4.78, 5) is 62.7. The molecule has 2 atom stereocenters. The van der Waals surface area contributed by atoms with Crippen LogP contribution >= 0.6 is 0 Å². The minimum Gasteiger partial charge on any atom is -0.463 e. The zero-order chi connectivity index (χ0) is 29.6. The normalized spacial score (nSPS) is 17.4. The fraction of sp³-hybridized carbons (Fsp3) is 0.621. The second-order valence-corrected chi connectivity index (χ2v) is 9.85. The minimum atomic E-state index is -1.01. The van der Waals surface area contributed by atoms with Crippen LogP contribution < -0.4 is 10.6 Å². The summed E-state index contributed by atoms with van der Waals surface area (Å²) in [6.07, 6.45) is 3.90. The number of carbonyl (C=O) groups is 5. The first-order valence-electron chi connectivity index (χ1n) is 14.4. The molecule has 1 saturated heterocycles. The fourth-order valence-electron chi connectivity index (χ4n) is 4.72. The number of fused-ring (bicyclic) bond motifs is 1. The van der Waals surface area contributed by atoms with Gasteiger partial charge >= 0.3 is 5.97 Å². The third-order valence-corrected chi connectivity index (χ3v) is 6.98. The Kier molecular flexibility index (Phi) is 13.2.